The molecular formula is C16H15ClN2O4S2. The van der Waals surface area contributed by atoms with Crippen molar-refractivity contribution < 1.29 is 19.1 Å². The van der Waals surface area contributed by atoms with Crippen molar-refractivity contribution in [3.05, 3.63) is 37.4 Å². The van der Waals surface area contributed by atoms with Crippen LogP contribution in [0.2, 0.25) is 4.34 Å². The van der Waals surface area contributed by atoms with Crippen LogP contribution in [-0.4, -0.2) is 36.3 Å². The Balaban J connectivity index is 1.94. The van der Waals surface area contributed by atoms with Crippen LogP contribution in [0.25, 0.3) is 0 Å². The van der Waals surface area contributed by atoms with E-state index in [1.807, 2.05) is 0 Å². The molecule has 132 valence electrons. The van der Waals surface area contributed by atoms with Crippen molar-refractivity contribution >= 4 is 57.1 Å². The second-order valence-electron chi connectivity index (χ2n) is 5.45. The lowest BCUT2D eigenvalue weighted by atomic mass is 10.0. The fraction of sp³-hybridized carbons (Fsp3) is 0.312. The Bertz CT molecular complexity index is 858. The van der Waals surface area contributed by atoms with Crippen LogP contribution >= 0.6 is 34.3 Å². The van der Waals surface area contributed by atoms with Gasteiger partial charge in [0, 0.05) is 18.3 Å². The van der Waals surface area contributed by atoms with Gasteiger partial charge in [0.25, 0.3) is 5.91 Å². The van der Waals surface area contributed by atoms with Crippen molar-refractivity contribution in [2.45, 2.75) is 19.9 Å². The van der Waals surface area contributed by atoms with Gasteiger partial charge in [-0.3, -0.25) is 9.59 Å². The summed E-state index contributed by atoms with van der Waals surface area (Å²) in [5.74, 6) is -0.838. The molecule has 1 aliphatic heterocycles. The number of hydrogen-bond acceptors (Lipinski definition) is 6. The Morgan fingerprint density at radius 2 is 2.04 bits per heavy atom. The fourth-order valence-electron chi connectivity index (χ4n) is 2.68. The molecule has 3 rings (SSSR count). The predicted octanol–water partition coefficient (Wildman–Crippen LogP) is 3.41. The van der Waals surface area contributed by atoms with Gasteiger partial charge in [-0.1, -0.05) is 11.6 Å². The number of fused-ring (bicyclic) bond motifs is 1. The highest BCUT2D eigenvalue weighted by molar-refractivity contribution is 7.18. The minimum absolute atomic E-state index is 0.0162. The lowest BCUT2D eigenvalue weighted by Gasteiger charge is -2.25. The van der Waals surface area contributed by atoms with Crippen molar-refractivity contribution in [2.75, 3.05) is 19.0 Å². The number of rotatable bonds is 3. The number of hydrogen-bond donors (Lipinski definition) is 1. The maximum Gasteiger partial charge on any atom is 0.341 e. The molecule has 2 amide bonds. The van der Waals surface area contributed by atoms with E-state index in [9.17, 15) is 14.4 Å². The molecule has 0 bridgehead atoms. The second-order valence-corrected chi connectivity index (χ2v) is 8.27. The molecule has 1 aliphatic rings. The van der Waals surface area contributed by atoms with E-state index in [-0.39, 0.29) is 11.8 Å². The number of anilines is 1. The van der Waals surface area contributed by atoms with Crippen LogP contribution < -0.4 is 5.32 Å². The SMILES string of the molecule is COC(=O)c1c(NC(=O)c2ccc(Cl)s2)sc2c1CCN(C(C)=O)C2. The van der Waals surface area contributed by atoms with Gasteiger partial charge in [0.15, 0.2) is 0 Å². The predicted molar refractivity (Wildman–Crippen MR) is 97.7 cm³/mol. The van der Waals surface area contributed by atoms with Gasteiger partial charge in [-0.15, -0.1) is 22.7 Å². The molecule has 0 aliphatic carbocycles. The average Bonchev–Trinajstić information content (AvgIpc) is 3.16. The third kappa shape index (κ3) is 3.56. The first-order valence-corrected chi connectivity index (χ1v) is 9.47. The zero-order valence-electron chi connectivity index (χ0n) is 13.6. The largest absolute Gasteiger partial charge is 0.465 e. The molecule has 2 aromatic heterocycles. The number of thiophene rings is 2. The van der Waals surface area contributed by atoms with E-state index < -0.39 is 5.97 Å². The van der Waals surface area contributed by atoms with Crippen molar-refractivity contribution in [3.63, 3.8) is 0 Å². The molecule has 9 heteroatoms. The van der Waals surface area contributed by atoms with Crippen molar-refractivity contribution in [3.8, 4) is 0 Å². The number of ether oxygens (including phenoxy) is 1. The minimum Gasteiger partial charge on any atom is -0.465 e. The van der Waals surface area contributed by atoms with Gasteiger partial charge in [-0.2, -0.15) is 0 Å². The van der Waals surface area contributed by atoms with E-state index in [0.717, 1.165) is 21.8 Å². The quantitative estimate of drug-likeness (QED) is 0.804. The lowest BCUT2D eigenvalue weighted by Crippen LogP contribution is -2.33. The number of nitrogens with zero attached hydrogens (tertiary/aromatic N) is 1. The maximum atomic E-state index is 12.4. The standard InChI is InChI=1S/C16H15ClN2O4S2/c1-8(20)19-6-5-9-11(7-19)25-15(13(9)16(22)23-2)18-14(21)10-3-4-12(17)24-10/h3-4H,5-7H2,1-2H3,(H,18,21). The van der Waals surface area contributed by atoms with Gasteiger partial charge < -0.3 is 15.0 Å². The van der Waals surface area contributed by atoms with Crippen molar-refractivity contribution in [2.24, 2.45) is 0 Å². The number of esters is 1. The molecule has 0 saturated carbocycles. The number of carbonyl (C=O) groups is 3. The zero-order valence-corrected chi connectivity index (χ0v) is 15.9. The van der Waals surface area contributed by atoms with E-state index in [2.05, 4.69) is 5.32 Å². The maximum absolute atomic E-state index is 12.4. The minimum atomic E-state index is -0.492. The Kier molecular flexibility index (Phi) is 5.12. The van der Waals surface area contributed by atoms with Crippen LogP contribution in [0, 0.1) is 0 Å². The first kappa shape index (κ1) is 17.9. The molecule has 2 aromatic rings. The Labute approximate surface area is 157 Å². The highest BCUT2D eigenvalue weighted by Crippen LogP contribution is 2.38. The van der Waals surface area contributed by atoms with E-state index in [1.54, 1.807) is 17.0 Å². The molecular weight excluding hydrogens is 384 g/mol. The molecule has 0 unspecified atom stereocenters. The highest BCUT2D eigenvalue weighted by Gasteiger charge is 2.30. The van der Waals surface area contributed by atoms with E-state index in [4.69, 9.17) is 16.3 Å². The first-order chi connectivity index (χ1) is 11.9. The van der Waals surface area contributed by atoms with Gasteiger partial charge in [0.05, 0.1) is 28.4 Å². The van der Waals surface area contributed by atoms with Gasteiger partial charge in [0.1, 0.15) is 5.00 Å². The molecule has 1 N–H and O–H groups in total. The van der Waals surface area contributed by atoms with E-state index >= 15 is 0 Å². The second kappa shape index (κ2) is 7.15. The van der Waals surface area contributed by atoms with E-state index in [1.165, 1.54) is 25.4 Å². The number of halogens is 1. The monoisotopic (exact) mass is 398 g/mol. The Morgan fingerprint density at radius 3 is 2.64 bits per heavy atom. The summed E-state index contributed by atoms with van der Waals surface area (Å²) in [4.78, 5) is 39.3. The third-order valence-corrected chi connectivity index (χ3v) is 6.28. The number of methoxy groups -OCH3 is 1. The van der Waals surface area contributed by atoms with Crippen molar-refractivity contribution in [1.82, 2.24) is 4.90 Å². The van der Waals surface area contributed by atoms with Crippen LogP contribution in [0.1, 0.15) is 37.4 Å². The molecule has 25 heavy (non-hydrogen) atoms. The summed E-state index contributed by atoms with van der Waals surface area (Å²) >= 11 is 8.33. The van der Waals surface area contributed by atoms with Crippen molar-refractivity contribution in [1.29, 1.82) is 0 Å². The molecule has 6 nitrogen and oxygen atoms in total. The number of amides is 2. The summed E-state index contributed by atoms with van der Waals surface area (Å²) in [7, 11) is 1.31. The molecule has 0 atom stereocenters. The topological polar surface area (TPSA) is 75.7 Å². The zero-order chi connectivity index (χ0) is 18.1. The summed E-state index contributed by atoms with van der Waals surface area (Å²) in [6, 6.07) is 3.28. The van der Waals surface area contributed by atoms with Crippen LogP contribution in [0.4, 0.5) is 5.00 Å². The molecule has 0 radical (unpaired) electrons. The van der Waals surface area contributed by atoms with Crippen LogP contribution in [0.3, 0.4) is 0 Å². The molecule has 0 saturated heterocycles. The van der Waals surface area contributed by atoms with Gasteiger partial charge in [-0.25, -0.2) is 4.79 Å². The molecule has 0 aromatic carbocycles. The average molecular weight is 399 g/mol. The summed E-state index contributed by atoms with van der Waals surface area (Å²) in [6.07, 6.45) is 0.552. The summed E-state index contributed by atoms with van der Waals surface area (Å²) in [5.41, 5.74) is 1.22. The number of nitrogens with one attached hydrogen (secondary N) is 1. The van der Waals surface area contributed by atoms with Crippen LogP contribution in [0.15, 0.2) is 12.1 Å². The van der Waals surface area contributed by atoms with Gasteiger partial charge in [-0.05, 0) is 24.1 Å². The fourth-order valence-corrected chi connectivity index (χ4v) is 4.86. The Morgan fingerprint density at radius 1 is 1.28 bits per heavy atom. The normalized spacial score (nSPS) is 13.3. The van der Waals surface area contributed by atoms with Crippen LogP contribution in [0.5, 0.6) is 0 Å². The third-order valence-electron chi connectivity index (χ3n) is 3.92. The summed E-state index contributed by atoms with van der Waals surface area (Å²) < 4.78 is 5.40. The summed E-state index contributed by atoms with van der Waals surface area (Å²) in [5, 5.41) is 3.23. The molecule has 0 spiro atoms. The number of carbonyl (C=O) groups excluding carboxylic acids is 3. The summed E-state index contributed by atoms with van der Waals surface area (Å²) in [6.45, 7) is 2.49. The highest BCUT2D eigenvalue weighted by atomic mass is 35.5. The van der Waals surface area contributed by atoms with Crippen LogP contribution in [-0.2, 0) is 22.5 Å². The Hall–Kier alpha value is -1.90. The van der Waals surface area contributed by atoms with E-state index in [0.29, 0.717) is 39.3 Å². The smallest absolute Gasteiger partial charge is 0.341 e. The molecule has 3 heterocycles. The lowest BCUT2D eigenvalue weighted by molar-refractivity contribution is -0.129. The first-order valence-electron chi connectivity index (χ1n) is 7.45. The van der Waals surface area contributed by atoms with Gasteiger partial charge in [0.2, 0.25) is 5.91 Å². The molecule has 0 fully saturated rings. The van der Waals surface area contributed by atoms with Gasteiger partial charge >= 0.3 is 5.97 Å².